The smallest absolute Gasteiger partial charge is 0.301 e. The normalized spacial score (nSPS) is 14.5. The number of benzene rings is 2. The molecule has 3 heterocycles. The molecule has 0 saturated carbocycles. The first-order valence-corrected chi connectivity index (χ1v) is 11.7. The lowest BCUT2D eigenvalue weighted by molar-refractivity contribution is 0.122. The second-order valence-electron chi connectivity index (χ2n) is 9.05. The summed E-state index contributed by atoms with van der Waals surface area (Å²) >= 11 is 6.57. The molecular formula is C26H27ClN4O3. The molecule has 0 unspecified atom stereocenters. The molecule has 0 radical (unpaired) electrons. The lowest BCUT2D eigenvalue weighted by atomic mass is 9.86. The summed E-state index contributed by atoms with van der Waals surface area (Å²) in [7, 11) is 0. The zero-order valence-corrected chi connectivity index (χ0v) is 20.0. The third kappa shape index (κ3) is 4.59. The Morgan fingerprint density at radius 3 is 2.44 bits per heavy atom. The average Bonchev–Trinajstić information content (AvgIpc) is 3.25. The third-order valence-electron chi connectivity index (χ3n) is 6.17. The van der Waals surface area contributed by atoms with Crippen molar-refractivity contribution >= 4 is 28.5 Å². The molecule has 2 aromatic carbocycles. The number of aromatic nitrogens is 3. The number of imidazole rings is 1. The van der Waals surface area contributed by atoms with Crippen LogP contribution < -0.4 is 9.64 Å². The first-order valence-electron chi connectivity index (χ1n) is 11.3. The number of hydrogen-bond donors (Lipinski definition) is 2. The van der Waals surface area contributed by atoms with Crippen molar-refractivity contribution in [3.63, 3.8) is 0 Å². The minimum Gasteiger partial charge on any atom is -0.426 e. The number of ether oxygens (including phenoxy) is 2. The lowest BCUT2D eigenvalue weighted by Crippen LogP contribution is -2.36. The summed E-state index contributed by atoms with van der Waals surface area (Å²) in [6, 6.07) is 18.0. The van der Waals surface area contributed by atoms with Crippen LogP contribution in [-0.4, -0.2) is 53.0 Å². The van der Waals surface area contributed by atoms with Crippen molar-refractivity contribution in [1.29, 1.82) is 0 Å². The van der Waals surface area contributed by atoms with E-state index >= 15 is 0 Å². The number of nitrogens with one attached hydrogen (secondary N) is 1. The minimum absolute atomic E-state index is 0.0709. The average molecular weight is 479 g/mol. The number of rotatable bonds is 6. The van der Waals surface area contributed by atoms with Crippen LogP contribution in [0.1, 0.15) is 19.4 Å². The van der Waals surface area contributed by atoms with Crippen molar-refractivity contribution in [3.8, 4) is 23.0 Å². The van der Waals surface area contributed by atoms with Gasteiger partial charge in [-0.1, -0.05) is 49.7 Å². The summed E-state index contributed by atoms with van der Waals surface area (Å²) in [6.07, 6.45) is 0. The SMILES string of the molecule is CC(C)(CO)c1ccc(Oc2nc3nc(-c4ccc(N5CCOCC5)cc4)c(Cl)cc3[nH]2)cc1. The van der Waals surface area contributed by atoms with Crippen molar-refractivity contribution in [3.05, 3.63) is 65.2 Å². The van der Waals surface area contributed by atoms with Gasteiger partial charge in [-0.2, -0.15) is 4.98 Å². The van der Waals surface area contributed by atoms with E-state index in [0.717, 1.165) is 43.1 Å². The maximum atomic E-state index is 9.56. The van der Waals surface area contributed by atoms with Crippen LogP contribution in [0.25, 0.3) is 22.4 Å². The molecule has 2 N–H and O–H groups in total. The molecule has 0 amide bonds. The number of aliphatic hydroxyl groups is 1. The molecule has 7 nitrogen and oxygen atoms in total. The van der Waals surface area contributed by atoms with Crippen molar-refractivity contribution in [2.45, 2.75) is 19.3 Å². The molecule has 1 aliphatic rings. The second kappa shape index (κ2) is 9.25. The van der Waals surface area contributed by atoms with Crippen LogP contribution in [0, 0.1) is 0 Å². The Morgan fingerprint density at radius 1 is 1.06 bits per heavy atom. The van der Waals surface area contributed by atoms with E-state index in [9.17, 15) is 5.11 Å². The highest BCUT2D eigenvalue weighted by Crippen LogP contribution is 2.32. The van der Waals surface area contributed by atoms with Crippen LogP contribution in [-0.2, 0) is 10.2 Å². The summed E-state index contributed by atoms with van der Waals surface area (Å²) in [6.45, 7) is 7.34. The zero-order valence-electron chi connectivity index (χ0n) is 19.2. The quantitative estimate of drug-likeness (QED) is 0.397. The first kappa shape index (κ1) is 22.7. The topological polar surface area (TPSA) is 83.5 Å². The number of aromatic amines is 1. The Kier molecular flexibility index (Phi) is 6.16. The van der Waals surface area contributed by atoms with Gasteiger partial charge in [0.05, 0.1) is 36.1 Å². The van der Waals surface area contributed by atoms with Gasteiger partial charge in [0.25, 0.3) is 0 Å². The number of aliphatic hydroxyl groups excluding tert-OH is 1. The molecule has 1 saturated heterocycles. The van der Waals surface area contributed by atoms with Crippen molar-refractivity contribution in [2.24, 2.45) is 0 Å². The maximum Gasteiger partial charge on any atom is 0.301 e. The fraction of sp³-hybridized carbons (Fsp3) is 0.308. The van der Waals surface area contributed by atoms with Gasteiger partial charge in [0.15, 0.2) is 5.65 Å². The highest BCUT2D eigenvalue weighted by Gasteiger charge is 2.19. The molecule has 0 aliphatic carbocycles. The Hall–Kier alpha value is -3.13. The predicted molar refractivity (Wildman–Crippen MR) is 134 cm³/mol. The van der Waals surface area contributed by atoms with Crippen LogP contribution in [0.4, 0.5) is 5.69 Å². The van der Waals surface area contributed by atoms with Crippen molar-refractivity contribution in [1.82, 2.24) is 15.0 Å². The Labute approximate surface area is 203 Å². The zero-order chi connectivity index (χ0) is 23.7. The van der Waals surface area contributed by atoms with Crippen molar-refractivity contribution in [2.75, 3.05) is 37.8 Å². The standard InChI is InChI=1S/C26H27ClN4O3/c1-26(2,16-32)18-5-9-20(10-6-18)34-25-28-22-15-21(27)23(29-24(22)30-25)17-3-7-19(8-4-17)31-11-13-33-14-12-31/h3-10,15,32H,11-14,16H2,1-2H3,(H,28,29,30). The number of fused-ring (bicyclic) bond motifs is 1. The summed E-state index contributed by atoms with van der Waals surface area (Å²) in [4.78, 5) is 14.6. The molecule has 34 heavy (non-hydrogen) atoms. The minimum atomic E-state index is -0.310. The van der Waals surface area contributed by atoms with Gasteiger partial charge in [0.1, 0.15) is 5.75 Å². The highest BCUT2D eigenvalue weighted by atomic mass is 35.5. The number of nitrogens with zero attached hydrogens (tertiary/aromatic N) is 3. The molecule has 0 atom stereocenters. The van der Waals surface area contributed by atoms with Gasteiger partial charge in [-0.3, -0.25) is 0 Å². The van der Waals surface area contributed by atoms with Crippen LogP contribution >= 0.6 is 11.6 Å². The number of pyridine rings is 1. The number of morpholine rings is 1. The van der Waals surface area contributed by atoms with E-state index in [1.54, 1.807) is 0 Å². The number of hydrogen-bond acceptors (Lipinski definition) is 6. The van der Waals surface area contributed by atoms with Gasteiger partial charge in [-0.25, -0.2) is 4.98 Å². The number of H-pyrrole nitrogens is 1. The number of anilines is 1. The van der Waals surface area contributed by atoms with E-state index in [2.05, 4.69) is 27.0 Å². The molecule has 2 aromatic heterocycles. The molecule has 176 valence electrons. The van der Waals surface area contributed by atoms with E-state index < -0.39 is 0 Å². The predicted octanol–water partition coefficient (Wildman–Crippen LogP) is 5.18. The molecular weight excluding hydrogens is 452 g/mol. The molecule has 4 aromatic rings. The van der Waals surface area contributed by atoms with E-state index in [4.69, 9.17) is 26.1 Å². The summed E-state index contributed by atoms with van der Waals surface area (Å²) < 4.78 is 11.3. The molecule has 1 fully saturated rings. The van der Waals surface area contributed by atoms with E-state index in [1.165, 1.54) is 0 Å². The molecule has 5 rings (SSSR count). The summed E-state index contributed by atoms with van der Waals surface area (Å²) in [5, 5.41) is 10.1. The molecule has 8 heteroatoms. The van der Waals surface area contributed by atoms with Crippen LogP contribution in [0.2, 0.25) is 5.02 Å². The van der Waals surface area contributed by atoms with Crippen LogP contribution in [0.15, 0.2) is 54.6 Å². The third-order valence-corrected chi connectivity index (χ3v) is 6.46. The van der Waals surface area contributed by atoms with Gasteiger partial charge in [0.2, 0.25) is 0 Å². The van der Waals surface area contributed by atoms with Gasteiger partial charge in [0, 0.05) is 29.8 Å². The fourth-order valence-corrected chi connectivity index (χ4v) is 4.24. The van der Waals surface area contributed by atoms with Gasteiger partial charge < -0.3 is 24.5 Å². The molecule has 1 aliphatic heterocycles. The second-order valence-corrected chi connectivity index (χ2v) is 9.45. The lowest BCUT2D eigenvalue weighted by Gasteiger charge is -2.28. The largest absolute Gasteiger partial charge is 0.426 e. The molecule has 0 spiro atoms. The van der Waals surface area contributed by atoms with Crippen LogP contribution in [0.3, 0.4) is 0 Å². The maximum absolute atomic E-state index is 9.56. The van der Waals surface area contributed by atoms with Gasteiger partial charge in [-0.05, 0) is 35.9 Å². The summed E-state index contributed by atoms with van der Waals surface area (Å²) in [5.74, 6) is 0.640. The van der Waals surface area contributed by atoms with Crippen molar-refractivity contribution < 1.29 is 14.6 Å². The molecule has 0 bridgehead atoms. The van der Waals surface area contributed by atoms with Gasteiger partial charge in [-0.15, -0.1) is 0 Å². The van der Waals surface area contributed by atoms with E-state index in [1.807, 2.05) is 56.3 Å². The van der Waals surface area contributed by atoms with E-state index in [0.29, 0.717) is 33.6 Å². The Bertz CT molecular complexity index is 1280. The van der Waals surface area contributed by atoms with E-state index in [-0.39, 0.29) is 12.0 Å². The van der Waals surface area contributed by atoms with Gasteiger partial charge >= 0.3 is 6.01 Å². The number of halogens is 1. The highest BCUT2D eigenvalue weighted by molar-refractivity contribution is 6.33. The Morgan fingerprint density at radius 2 is 1.76 bits per heavy atom. The Balaban J connectivity index is 1.36. The fourth-order valence-electron chi connectivity index (χ4n) is 3.98. The monoisotopic (exact) mass is 478 g/mol. The summed E-state index contributed by atoms with van der Waals surface area (Å²) in [5.41, 5.74) is 4.72. The van der Waals surface area contributed by atoms with Crippen LogP contribution in [0.5, 0.6) is 11.8 Å². The first-order chi connectivity index (χ1) is 16.4.